The summed E-state index contributed by atoms with van der Waals surface area (Å²) >= 11 is 0. The molecule has 6 N–H and O–H groups in total. The van der Waals surface area contributed by atoms with E-state index in [2.05, 4.69) is 31.0 Å². The third-order valence-electron chi connectivity index (χ3n) is 14.8. The number of aromatic hydroxyl groups is 3. The molecule has 4 heterocycles. The Hall–Kier alpha value is -11.1. The van der Waals surface area contributed by atoms with E-state index in [4.69, 9.17) is 18.9 Å². The average molecular weight is 1290 g/mol. The number of fused-ring (bicyclic) bond motifs is 3. The van der Waals surface area contributed by atoms with E-state index in [0.29, 0.717) is 67.4 Å². The van der Waals surface area contributed by atoms with Crippen LogP contribution in [0.15, 0.2) is 128 Å². The normalized spacial score (nSPS) is 12.0. The maximum absolute atomic E-state index is 13.2. The number of morpholine rings is 1. The van der Waals surface area contributed by atoms with Crippen molar-refractivity contribution in [3.05, 3.63) is 201 Å². The molecule has 1 aliphatic rings. The molecular formula is C69H67F3N8O14. The summed E-state index contributed by atoms with van der Waals surface area (Å²) in [6, 6.07) is 27.5. The van der Waals surface area contributed by atoms with Crippen molar-refractivity contribution in [1.82, 2.24) is 30.3 Å². The van der Waals surface area contributed by atoms with Gasteiger partial charge in [0.15, 0.2) is 17.2 Å². The van der Waals surface area contributed by atoms with Crippen molar-refractivity contribution in [2.45, 2.75) is 46.0 Å². The van der Waals surface area contributed by atoms with Gasteiger partial charge in [-0.2, -0.15) is 0 Å². The van der Waals surface area contributed by atoms with Crippen molar-refractivity contribution >= 4 is 85.6 Å². The topological polar surface area (TPSA) is 298 Å². The van der Waals surface area contributed by atoms with Crippen molar-refractivity contribution < 1.29 is 81.0 Å². The summed E-state index contributed by atoms with van der Waals surface area (Å²) in [5.41, 5.74) is 8.52. The molecule has 0 radical (unpaired) electrons. The average Bonchev–Trinajstić information content (AvgIpc) is 0.788. The lowest BCUT2D eigenvalue weighted by atomic mass is 9.99. The number of rotatable bonds is 17. The van der Waals surface area contributed by atoms with E-state index in [1.54, 1.807) is 99.9 Å². The molecule has 0 spiro atoms. The number of nitrogens with zero attached hydrogens (tertiary/aromatic N) is 5. The van der Waals surface area contributed by atoms with Crippen LogP contribution in [0.2, 0.25) is 0 Å². The summed E-state index contributed by atoms with van der Waals surface area (Å²) in [5, 5.41) is 40.2. The number of hydrazine groups is 1. The number of phenols is 3. The van der Waals surface area contributed by atoms with Crippen LogP contribution in [0, 0.1) is 23.4 Å². The van der Waals surface area contributed by atoms with Crippen LogP contribution < -0.4 is 16.1 Å². The first kappa shape index (κ1) is 68.9. The second kappa shape index (κ2) is 31.3. The van der Waals surface area contributed by atoms with E-state index in [1.807, 2.05) is 0 Å². The van der Waals surface area contributed by atoms with Crippen molar-refractivity contribution in [3.8, 4) is 17.2 Å². The monoisotopic (exact) mass is 1290 g/mol. The largest absolute Gasteiger partial charge is 0.505 e. The maximum Gasteiger partial charge on any atom is 0.341 e. The van der Waals surface area contributed by atoms with Gasteiger partial charge in [0.25, 0.3) is 5.91 Å². The predicted molar refractivity (Wildman–Crippen MR) is 342 cm³/mol. The molecule has 3 aromatic heterocycles. The number of pyridine rings is 3. The highest BCUT2D eigenvalue weighted by Crippen LogP contribution is 2.37. The number of carbonyl (C=O) groups is 7. The summed E-state index contributed by atoms with van der Waals surface area (Å²) in [5.74, 6) is -5.91. The molecule has 1 fully saturated rings. The fraction of sp³-hybridized carbons (Fsp3) is 0.246. The van der Waals surface area contributed by atoms with Crippen LogP contribution in [0.1, 0.15) is 102 Å². The summed E-state index contributed by atoms with van der Waals surface area (Å²) in [4.78, 5) is 100. The lowest BCUT2D eigenvalue weighted by molar-refractivity contribution is -0.130. The molecule has 0 atom stereocenters. The zero-order chi connectivity index (χ0) is 67.9. The summed E-state index contributed by atoms with van der Waals surface area (Å²) < 4.78 is 59.0. The van der Waals surface area contributed by atoms with Gasteiger partial charge in [-0.15, -0.1) is 0 Å². The standard InChI is InChI=1S/C24H24FN3O5.C23H22FN3O5.C22H21FN2O4/c1-28(2)21(30)9-8-20(29)27-19-12-18(24(32)33-3)23(31)22-17(19)11-15(13-26-22)10-14-4-6-16(25)7-5-14;1-31-23(30)19-12-18(22(29)26-27-6-8-32-9-7-27)17-11-15(13-25-20(17)21(19)28)10-14-2-4-16(24)5-3-14;1-12(2)21(27)25-18-10-17(22(28)29-3)20(26)19-16(18)9-14(11-24-19)8-13-4-6-15(23)7-5-13/h4-7,11-13,31H,8-10H2,1-3H3,(H,27,29);2-5,11-13,28H,6-10H2,1H3,(H,26,29);4-7,9-12,26H,8H2,1-3H3,(H,25,27). The van der Waals surface area contributed by atoms with Crippen LogP contribution in [-0.4, -0.2) is 143 Å². The summed E-state index contributed by atoms with van der Waals surface area (Å²) in [7, 11) is 6.78. The second-order valence-corrected chi connectivity index (χ2v) is 22.1. The smallest absolute Gasteiger partial charge is 0.341 e. The molecule has 0 aliphatic carbocycles. The van der Waals surface area contributed by atoms with Crippen LogP contribution >= 0.6 is 0 Å². The number of carbonyl (C=O) groups excluding carboxylic acids is 7. The van der Waals surface area contributed by atoms with Gasteiger partial charge in [0, 0.05) is 80.7 Å². The lowest BCUT2D eigenvalue weighted by Gasteiger charge is -2.27. The summed E-state index contributed by atoms with van der Waals surface area (Å²) in [6.45, 7) is 5.54. The number of ether oxygens (including phenoxy) is 4. The first-order valence-electron chi connectivity index (χ1n) is 29.3. The van der Waals surface area contributed by atoms with Gasteiger partial charge < -0.3 is 49.8 Å². The number of esters is 3. The van der Waals surface area contributed by atoms with Crippen molar-refractivity contribution in [3.63, 3.8) is 0 Å². The van der Waals surface area contributed by atoms with Crippen molar-refractivity contribution in [2.24, 2.45) is 5.92 Å². The van der Waals surface area contributed by atoms with E-state index in [0.717, 1.165) is 33.4 Å². The van der Waals surface area contributed by atoms with Crippen molar-refractivity contribution in [1.29, 1.82) is 0 Å². The number of anilines is 2. The number of aromatic nitrogens is 3. The molecular weight excluding hydrogens is 1220 g/mol. The lowest BCUT2D eigenvalue weighted by Crippen LogP contribution is -2.48. The molecule has 1 saturated heterocycles. The molecule has 22 nitrogen and oxygen atoms in total. The van der Waals surface area contributed by atoms with Gasteiger partial charge in [-0.3, -0.25) is 39.6 Å². The van der Waals surface area contributed by atoms with E-state index in [9.17, 15) is 62.1 Å². The van der Waals surface area contributed by atoms with Gasteiger partial charge in [-0.05, 0) is 125 Å². The van der Waals surface area contributed by atoms with Crippen molar-refractivity contribution in [2.75, 3.05) is 72.4 Å². The highest BCUT2D eigenvalue weighted by atomic mass is 19.1. The molecule has 0 unspecified atom stereocenters. The van der Waals surface area contributed by atoms with Crippen LogP contribution in [0.4, 0.5) is 24.5 Å². The second-order valence-electron chi connectivity index (χ2n) is 22.1. The van der Waals surface area contributed by atoms with Crippen LogP contribution in [-0.2, 0) is 52.6 Å². The molecule has 488 valence electrons. The molecule has 9 aromatic rings. The number of phenolic OH excluding ortho intramolecular Hbond substituents is 3. The van der Waals surface area contributed by atoms with Gasteiger partial charge in [-0.1, -0.05) is 50.2 Å². The third kappa shape index (κ3) is 17.3. The fourth-order valence-electron chi connectivity index (χ4n) is 9.77. The quantitative estimate of drug-likeness (QED) is 0.0281. The number of nitrogens with one attached hydrogen (secondary N) is 3. The maximum atomic E-state index is 13.2. The Kier molecular flexibility index (Phi) is 22.9. The van der Waals surface area contributed by atoms with Gasteiger partial charge in [0.1, 0.15) is 50.7 Å². The molecule has 0 bridgehead atoms. The SMILES string of the molecule is COC(=O)c1cc(C(=O)NN2CCOCC2)c2cc(Cc3ccc(F)cc3)cnc2c1O.COC(=O)c1cc(NC(=O)C(C)C)c2cc(Cc3ccc(F)cc3)cnc2c1O.COC(=O)c1cc(NC(=O)CCC(=O)N(C)C)c2cc(Cc3ccc(F)cc3)cnc2c1O. The minimum absolute atomic E-state index is 0.0206. The molecule has 1 aliphatic heterocycles. The molecule has 10 rings (SSSR count). The number of hydrogen-bond acceptors (Lipinski definition) is 18. The highest BCUT2D eigenvalue weighted by molar-refractivity contribution is 6.13. The Bertz CT molecular complexity index is 4320. The first-order chi connectivity index (χ1) is 44.9. The van der Waals surface area contributed by atoms with Crippen LogP contribution in [0.25, 0.3) is 32.7 Å². The van der Waals surface area contributed by atoms with Gasteiger partial charge >= 0.3 is 17.9 Å². The number of hydrogen-bond donors (Lipinski definition) is 6. The first-order valence-corrected chi connectivity index (χ1v) is 29.3. The molecule has 4 amide bonds. The minimum Gasteiger partial charge on any atom is -0.505 e. The van der Waals surface area contributed by atoms with E-state index in [-0.39, 0.29) is 110 Å². The third-order valence-corrected chi connectivity index (χ3v) is 14.8. The molecule has 6 aromatic carbocycles. The van der Waals surface area contributed by atoms with Crippen LogP contribution in [0.3, 0.4) is 0 Å². The van der Waals surface area contributed by atoms with E-state index < -0.39 is 29.7 Å². The zero-order valence-electron chi connectivity index (χ0n) is 52.3. The Morgan fingerprint density at radius 3 is 1.28 bits per heavy atom. The van der Waals surface area contributed by atoms with E-state index >= 15 is 0 Å². The Labute approximate surface area is 537 Å². The number of methoxy groups -OCH3 is 3. The minimum atomic E-state index is -0.787. The number of amides is 4. The number of benzene rings is 6. The Morgan fingerprint density at radius 2 is 0.894 bits per heavy atom. The molecule has 0 saturated carbocycles. The summed E-state index contributed by atoms with van der Waals surface area (Å²) in [6.07, 6.45) is 5.99. The molecule has 94 heavy (non-hydrogen) atoms. The molecule has 25 heteroatoms. The Morgan fingerprint density at radius 1 is 0.521 bits per heavy atom. The predicted octanol–water partition coefficient (Wildman–Crippen LogP) is 9.75. The Balaban J connectivity index is 0.000000181. The number of halogens is 3. The van der Waals surface area contributed by atoms with Crippen LogP contribution in [0.5, 0.6) is 17.2 Å². The highest BCUT2D eigenvalue weighted by Gasteiger charge is 2.26. The fourth-order valence-corrected chi connectivity index (χ4v) is 9.77. The van der Waals surface area contributed by atoms with E-state index in [1.165, 1.54) is 87.0 Å². The van der Waals surface area contributed by atoms with Gasteiger partial charge in [0.05, 0.1) is 51.5 Å². The van der Waals surface area contributed by atoms with Gasteiger partial charge in [-0.25, -0.2) is 32.6 Å². The van der Waals surface area contributed by atoms with Gasteiger partial charge in [0.2, 0.25) is 17.7 Å². The zero-order valence-corrected chi connectivity index (χ0v) is 52.3.